The van der Waals surface area contributed by atoms with Crippen LogP contribution in [0.5, 0.6) is 0 Å². The van der Waals surface area contributed by atoms with Crippen LogP contribution >= 0.6 is 0 Å². The van der Waals surface area contributed by atoms with Crippen LogP contribution < -0.4 is 10.9 Å². The summed E-state index contributed by atoms with van der Waals surface area (Å²) in [6.07, 6.45) is 2.20. The fourth-order valence-corrected chi connectivity index (χ4v) is 2.58. The Morgan fingerprint density at radius 1 is 1.39 bits per heavy atom. The highest BCUT2D eigenvalue weighted by Crippen LogP contribution is 2.07. The minimum atomic E-state index is -3.92. The van der Waals surface area contributed by atoms with Crippen LogP contribution in [0, 0.1) is 0 Å². The van der Waals surface area contributed by atoms with E-state index in [1.54, 1.807) is 0 Å². The van der Waals surface area contributed by atoms with Gasteiger partial charge < -0.3 is 15.7 Å². The predicted molar refractivity (Wildman–Crippen MR) is 66.0 cm³/mol. The Bertz CT molecular complexity index is 380. The number of likely N-dealkylation sites (tertiary alicyclic amines) is 1. The van der Waals surface area contributed by atoms with Crippen molar-refractivity contribution in [3.05, 3.63) is 0 Å². The smallest absolute Gasteiger partial charge is 0.321 e. The van der Waals surface area contributed by atoms with Gasteiger partial charge in [0, 0.05) is 19.6 Å². The van der Waals surface area contributed by atoms with Gasteiger partial charge in [-0.15, -0.1) is 0 Å². The standard InChI is InChI=1S/C9H20N4O4S/c10-8(9(14)15)7-13(18(11,16)17)6-5-12-3-1-2-4-12/h8H,1-7,10H2,(H,14,15)(H2,11,16,17)/t8-/m0/s1. The number of aliphatic carboxylic acids is 1. The molecule has 106 valence electrons. The van der Waals surface area contributed by atoms with Crippen molar-refractivity contribution in [3.63, 3.8) is 0 Å². The van der Waals surface area contributed by atoms with Crippen molar-refractivity contribution in [2.75, 3.05) is 32.7 Å². The maximum Gasteiger partial charge on any atom is 0.321 e. The lowest BCUT2D eigenvalue weighted by Crippen LogP contribution is -2.49. The molecular formula is C9H20N4O4S. The first kappa shape index (κ1) is 15.3. The van der Waals surface area contributed by atoms with Crippen molar-refractivity contribution >= 4 is 16.2 Å². The minimum Gasteiger partial charge on any atom is -0.480 e. The second kappa shape index (κ2) is 6.43. The molecular weight excluding hydrogens is 260 g/mol. The molecule has 1 atom stereocenters. The molecule has 1 aliphatic rings. The van der Waals surface area contributed by atoms with Gasteiger partial charge in [0.05, 0.1) is 0 Å². The Hall–Kier alpha value is -0.740. The van der Waals surface area contributed by atoms with Gasteiger partial charge in [-0.25, -0.2) is 5.14 Å². The van der Waals surface area contributed by atoms with E-state index in [1.165, 1.54) is 0 Å². The van der Waals surface area contributed by atoms with Crippen molar-refractivity contribution in [3.8, 4) is 0 Å². The first-order valence-electron chi connectivity index (χ1n) is 5.79. The summed E-state index contributed by atoms with van der Waals surface area (Å²) >= 11 is 0. The van der Waals surface area contributed by atoms with Crippen LogP contribution in [0.15, 0.2) is 0 Å². The van der Waals surface area contributed by atoms with Gasteiger partial charge in [0.25, 0.3) is 10.2 Å². The summed E-state index contributed by atoms with van der Waals surface area (Å²) in [7, 11) is -3.92. The molecule has 1 rings (SSSR count). The largest absolute Gasteiger partial charge is 0.480 e. The summed E-state index contributed by atoms with van der Waals surface area (Å²) in [5, 5.41) is 13.7. The highest BCUT2D eigenvalue weighted by atomic mass is 32.2. The molecule has 18 heavy (non-hydrogen) atoms. The predicted octanol–water partition coefficient (Wildman–Crippen LogP) is -2.00. The maximum absolute atomic E-state index is 11.3. The number of carboxylic acids is 1. The summed E-state index contributed by atoms with van der Waals surface area (Å²) in [6, 6.07) is -1.26. The van der Waals surface area contributed by atoms with E-state index in [0.29, 0.717) is 6.54 Å². The first-order chi connectivity index (χ1) is 8.30. The number of carbonyl (C=O) groups is 1. The fourth-order valence-electron chi connectivity index (χ4n) is 1.88. The van der Waals surface area contributed by atoms with E-state index >= 15 is 0 Å². The third kappa shape index (κ3) is 4.86. The van der Waals surface area contributed by atoms with Gasteiger partial charge >= 0.3 is 5.97 Å². The van der Waals surface area contributed by atoms with Gasteiger partial charge in [-0.3, -0.25) is 4.79 Å². The van der Waals surface area contributed by atoms with E-state index < -0.39 is 22.2 Å². The van der Waals surface area contributed by atoms with Crippen molar-refractivity contribution in [1.29, 1.82) is 0 Å². The Kier molecular flexibility index (Phi) is 5.47. The second-order valence-corrected chi connectivity index (χ2v) is 5.94. The Balaban J connectivity index is 2.53. The number of carboxylic acid groups (broad SMARTS) is 1. The summed E-state index contributed by atoms with van der Waals surface area (Å²) in [5.74, 6) is -1.25. The number of nitrogens with zero attached hydrogens (tertiary/aromatic N) is 2. The van der Waals surface area contributed by atoms with Gasteiger partial charge in [-0.05, 0) is 25.9 Å². The van der Waals surface area contributed by atoms with E-state index in [1.807, 2.05) is 0 Å². The average Bonchev–Trinajstić information content (AvgIpc) is 2.74. The average molecular weight is 280 g/mol. The molecule has 0 spiro atoms. The topological polar surface area (TPSA) is 130 Å². The number of rotatable bonds is 7. The van der Waals surface area contributed by atoms with Crippen molar-refractivity contribution < 1.29 is 18.3 Å². The second-order valence-electron chi connectivity index (χ2n) is 4.40. The zero-order chi connectivity index (χ0) is 13.8. The van der Waals surface area contributed by atoms with Gasteiger partial charge in [0.2, 0.25) is 0 Å². The van der Waals surface area contributed by atoms with E-state index in [4.69, 9.17) is 16.0 Å². The lowest BCUT2D eigenvalue weighted by molar-refractivity contribution is -0.138. The van der Waals surface area contributed by atoms with E-state index in [0.717, 1.165) is 30.2 Å². The van der Waals surface area contributed by atoms with Crippen molar-refractivity contribution in [1.82, 2.24) is 9.21 Å². The molecule has 0 bridgehead atoms. The maximum atomic E-state index is 11.3. The summed E-state index contributed by atoms with van der Waals surface area (Å²) in [5.41, 5.74) is 5.32. The number of nitrogens with two attached hydrogens (primary N) is 2. The molecule has 0 saturated carbocycles. The third-order valence-electron chi connectivity index (χ3n) is 2.94. The molecule has 0 amide bonds. The van der Waals surface area contributed by atoms with Gasteiger partial charge in [-0.1, -0.05) is 0 Å². The number of hydrogen-bond acceptors (Lipinski definition) is 5. The van der Waals surface area contributed by atoms with Crippen LogP contribution in [0.1, 0.15) is 12.8 Å². The molecule has 0 aromatic rings. The Labute approximate surface area is 107 Å². The molecule has 1 aliphatic heterocycles. The molecule has 0 aromatic heterocycles. The van der Waals surface area contributed by atoms with Gasteiger partial charge in [0.1, 0.15) is 6.04 Å². The highest BCUT2D eigenvalue weighted by Gasteiger charge is 2.24. The van der Waals surface area contributed by atoms with E-state index in [2.05, 4.69) is 4.90 Å². The Morgan fingerprint density at radius 2 is 1.94 bits per heavy atom. The summed E-state index contributed by atoms with van der Waals surface area (Å²) < 4.78 is 23.6. The van der Waals surface area contributed by atoms with Gasteiger partial charge in [0.15, 0.2) is 0 Å². The molecule has 5 N–H and O–H groups in total. The van der Waals surface area contributed by atoms with Crippen molar-refractivity contribution in [2.45, 2.75) is 18.9 Å². The van der Waals surface area contributed by atoms with E-state index in [9.17, 15) is 13.2 Å². The van der Waals surface area contributed by atoms with Crippen LogP contribution in [-0.4, -0.2) is 67.5 Å². The van der Waals surface area contributed by atoms with Crippen LogP contribution in [0.25, 0.3) is 0 Å². The molecule has 1 fully saturated rings. The van der Waals surface area contributed by atoms with Crippen LogP contribution in [-0.2, 0) is 15.0 Å². The lowest BCUT2D eigenvalue weighted by Gasteiger charge is -2.24. The third-order valence-corrected chi connectivity index (χ3v) is 3.99. The summed E-state index contributed by atoms with van der Waals surface area (Å²) in [4.78, 5) is 12.7. The monoisotopic (exact) mass is 280 g/mol. The fraction of sp³-hybridized carbons (Fsp3) is 0.889. The molecule has 0 radical (unpaired) electrons. The quantitative estimate of drug-likeness (QED) is 0.494. The van der Waals surface area contributed by atoms with Crippen LogP contribution in [0.2, 0.25) is 0 Å². The molecule has 1 heterocycles. The molecule has 8 nitrogen and oxygen atoms in total. The van der Waals surface area contributed by atoms with Gasteiger partial charge in [-0.2, -0.15) is 12.7 Å². The zero-order valence-corrected chi connectivity index (χ0v) is 11.0. The lowest BCUT2D eigenvalue weighted by atomic mass is 10.3. The number of hydrogen-bond donors (Lipinski definition) is 3. The van der Waals surface area contributed by atoms with E-state index in [-0.39, 0.29) is 13.1 Å². The molecule has 9 heteroatoms. The molecule has 0 aromatic carbocycles. The Morgan fingerprint density at radius 3 is 2.39 bits per heavy atom. The zero-order valence-electron chi connectivity index (χ0n) is 10.2. The normalized spacial score (nSPS) is 19.3. The first-order valence-corrected chi connectivity index (χ1v) is 7.29. The SMILES string of the molecule is N[C@@H](CN(CCN1CCCC1)S(N)(=O)=O)C(=O)O. The summed E-state index contributed by atoms with van der Waals surface area (Å²) in [6.45, 7) is 2.28. The van der Waals surface area contributed by atoms with Crippen molar-refractivity contribution in [2.24, 2.45) is 10.9 Å². The molecule has 0 aliphatic carbocycles. The molecule has 0 unspecified atom stereocenters. The van der Waals surface area contributed by atoms with Crippen LogP contribution in [0.3, 0.4) is 0 Å². The molecule has 1 saturated heterocycles. The van der Waals surface area contributed by atoms with Crippen LogP contribution in [0.4, 0.5) is 0 Å². The highest BCUT2D eigenvalue weighted by molar-refractivity contribution is 7.86. The minimum absolute atomic E-state index is 0.166.